The average molecular weight is 290 g/mol. The van der Waals surface area contributed by atoms with E-state index in [-0.39, 0.29) is 0 Å². The fraction of sp³-hybridized carbons (Fsp3) is 0.647. The van der Waals surface area contributed by atoms with Gasteiger partial charge >= 0.3 is 0 Å². The lowest BCUT2D eigenvalue weighted by atomic mass is 9.93. The van der Waals surface area contributed by atoms with Crippen LogP contribution in [0.1, 0.15) is 12.0 Å². The Hall–Kier alpha value is -1.10. The summed E-state index contributed by atoms with van der Waals surface area (Å²) < 4.78 is 11.3. The number of hydrogen-bond acceptors (Lipinski definition) is 4. The summed E-state index contributed by atoms with van der Waals surface area (Å²) in [7, 11) is 3.91. The smallest absolute Gasteiger partial charge is 0.118 e. The van der Waals surface area contributed by atoms with Crippen molar-refractivity contribution in [3.8, 4) is 5.75 Å². The lowest BCUT2D eigenvalue weighted by Gasteiger charge is -2.37. The zero-order chi connectivity index (χ0) is 14.7. The maximum atomic E-state index is 6.08. The summed E-state index contributed by atoms with van der Waals surface area (Å²) in [4.78, 5) is 4.93. The summed E-state index contributed by atoms with van der Waals surface area (Å²) in [6.07, 6.45) is 1.65. The van der Waals surface area contributed by atoms with Crippen molar-refractivity contribution in [2.45, 2.75) is 19.1 Å². The molecule has 2 saturated heterocycles. The number of hydrogen-bond donors (Lipinski definition) is 0. The minimum absolute atomic E-state index is 0.405. The number of ether oxygens (including phenoxy) is 2. The second kappa shape index (κ2) is 6.77. The van der Waals surface area contributed by atoms with Crippen molar-refractivity contribution >= 4 is 0 Å². The number of nitrogens with zero attached hydrogens (tertiary/aromatic N) is 2. The fourth-order valence-corrected chi connectivity index (χ4v) is 3.41. The molecule has 0 amide bonds. The van der Waals surface area contributed by atoms with Crippen LogP contribution in [0.5, 0.6) is 5.75 Å². The van der Waals surface area contributed by atoms with Crippen LogP contribution in [0.15, 0.2) is 24.3 Å². The highest BCUT2D eigenvalue weighted by Crippen LogP contribution is 2.25. The zero-order valence-corrected chi connectivity index (χ0v) is 13.1. The first-order valence-electron chi connectivity index (χ1n) is 7.90. The van der Waals surface area contributed by atoms with Crippen molar-refractivity contribution in [1.29, 1.82) is 0 Å². The average Bonchev–Trinajstić information content (AvgIpc) is 2.68. The van der Waals surface area contributed by atoms with Gasteiger partial charge in [0.15, 0.2) is 0 Å². The molecular weight excluding hydrogens is 264 g/mol. The van der Waals surface area contributed by atoms with E-state index >= 15 is 0 Å². The van der Waals surface area contributed by atoms with E-state index in [1.165, 1.54) is 25.1 Å². The quantitative estimate of drug-likeness (QED) is 0.848. The maximum Gasteiger partial charge on any atom is 0.118 e. The Morgan fingerprint density at radius 2 is 2.00 bits per heavy atom. The highest BCUT2D eigenvalue weighted by Gasteiger charge is 2.32. The summed E-state index contributed by atoms with van der Waals surface area (Å²) in [5.74, 6) is 1.62. The number of benzene rings is 1. The normalized spacial score (nSPS) is 27.9. The van der Waals surface area contributed by atoms with Crippen molar-refractivity contribution in [3.05, 3.63) is 29.8 Å². The SMILES string of the molecule is COc1ccc(CN2CC[C@H]3CN(C)CCO[C@H]3C2)cc1. The predicted octanol–water partition coefficient (Wildman–Crippen LogP) is 1.85. The fourth-order valence-electron chi connectivity index (χ4n) is 3.41. The van der Waals surface area contributed by atoms with Gasteiger partial charge in [-0.15, -0.1) is 0 Å². The molecule has 0 radical (unpaired) electrons. The first kappa shape index (κ1) is 14.8. The number of methoxy groups -OCH3 is 1. The monoisotopic (exact) mass is 290 g/mol. The van der Waals surface area contributed by atoms with Gasteiger partial charge in [0.05, 0.1) is 19.8 Å². The van der Waals surface area contributed by atoms with Crippen LogP contribution in [0, 0.1) is 5.92 Å². The Morgan fingerprint density at radius 1 is 1.19 bits per heavy atom. The van der Waals surface area contributed by atoms with Crippen molar-refractivity contribution in [3.63, 3.8) is 0 Å². The lowest BCUT2D eigenvalue weighted by Crippen LogP contribution is -2.46. The van der Waals surface area contributed by atoms with Gasteiger partial charge in [0.25, 0.3) is 0 Å². The van der Waals surface area contributed by atoms with Crippen molar-refractivity contribution in [2.75, 3.05) is 46.9 Å². The molecule has 116 valence electrons. The molecule has 2 aliphatic rings. The van der Waals surface area contributed by atoms with Crippen LogP contribution in [0.4, 0.5) is 0 Å². The van der Waals surface area contributed by atoms with E-state index in [1.54, 1.807) is 7.11 Å². The number of fused-ring (bicyclic) bond motifs is 1. The topological polar surface area (TPSA) is 24.9 Å². The number of likely N-dealkylation sites (N-methyl/N-ethyl adjacent to an activating group) is 1. The van der Waals surface area contributed by atoms with Crippen molar-refractivity contribution in [2.24, 2.45) is 5.92 Å². The number of rotatable bonds is 3. The van der Waals surface area contributed by atoms with E-state index in [1.807, 2.05) is 12.1 Å². The van der Waals surface area contributed by atoms with E-state index < -0.39 is 0 Å². The third-order valence-corrected chi connectivity index (χ3v) is 4.70. The third-order valence-electron chi connectivity index (χ3n) is 4.70. The summed E-state index contributed by atoms with van der Waals surface area (Å²) >= 11 is 0. The predicted molar refractivity (Wildman–Crippen MR) is 83.6 cm³/mol. The summed E-state index contributed by atoms with van der Waals surface area (Å²) in [6.45, 7) is 6.35. The van der Waals surface area contributed by atoms with Gasteiger partial charge in [-0.2, -0.15) is 0 Å². The molecular formula is C17H26N2O2. The zero-order valence-electron chi connectivity index (χ0n) is 13.1. The highest BCUT2D eigenvalue weighted by atomic mass is 16.5. The van der Waals surface area contributed by atoms with Gasteiger partial charge in [-0.3, -0.25) is 4.90 Å². The van der Waals surface area contributed by atoms with E-state index in [0.29, 0.717) is 12.0 Å². The highest BCUT2D eigenvalue weighted by molar-refractivity contribution is 5.27. The molecule has 0 aromatic heterocycles. The Bertz CT molecular complexity index is 449. The first-order chi connectivity index (χ1) is 10.2. The minimum Gasteiger partial charge on any atom is -0.497 e. The van der Waals surface area contributed by atoms with E-state index in [4.69, 9.17) is 9.47 Å². The molecule has 1 aromatic carbocycles. The van der Waals surface area contributed by atoms with Gasteiger partial charge in [-0.1, -0.05) is 12.1 Å². The van der Waals surface area contributed by atoms with Crippen LogP contribution in [-0.4, -0.2) is 62.8 Å². The minimum atomic E-state index is 0.405. The first-order valence-corrected chi connectivity index (χ1v) is 7.90. The van der Waals surface area contributed by atoms with Crippen molar-refractivity contribution in [1.82, 2.24) is 9.80 Å². The molecule has 3 rings (SSSR count). The maximum absolute atomic E-state index is 6.08. The van der Waals surface area contributed by atoms with E-state index in [0.717, 1.165) is 32.0 Å². The molecule has 2 heterocycles. The van der Waals surface area contributed by atoms with Crippen LogP contribution >= 0.6 is 0 Å². The molecule has 4 heteroatoms. The molecule has 21 heavy (non-hydrogen) atoms. The lowest BCUT2D eigenvalue weighted by molar-refractivity contribution is -0.0241. The van der Waals surface area contributed by atoms with Crippen LogP contribution in [0.25, 0.3) is 0 Å². The van der Waals surface area contributed by atoms with Gasteiger partial charge in [0.2, 0.25) is 0 Å². The Morgan fingerprint density at radius 3 is 2.76 bits per heavy atom. The summed E-state index contributed by atoms with van der Waals surface area (Å²) in [5.41, 5.74) is 1.35. The van der Waals surface area contributed by atoms with Crippen LogP contribution < -0.4 is 4.74 Å². The second-order valence-corrected chi connectivity index (χ2v) is 6.30. The molecule has 0 aliphatic carbocycles. The molecule has 2 atom stereocenters. The molecule has 2 aliphatic heterocycles. The van der Waals surface area contributed by atoms with Gasteiger partial charge in [0, 0.05) is 32.1 Å². The van der Waals surface area contributed by atoms with Crippen LogP contribution in [0.2, 0.25) is 0 Å². The Kier molecular flexibility index (Phi) is 4.78. The molecule has 0 spiro atoms. The number of likely N-dealkylation sites (tertiary alicyclic amines) is 1. The Labute approximate surface area is 127 Å². The van der Waals surface area contributed by atoms with Crippen molar-refractivity contribution < 1.29 is 9.47 Å². The standard InChI is InChI=1S/C17H26N2O2/c1-18-9-10-21-17-13-19(8-7-15(17)12-18)11-14-3-5-16(20-2)6-4-14/h3-6,15,17H,7-13H2,1-2H3/t15-,17-/m0/s1. The molecule has 4 nitrogen and oxygen atoms in total. The molecule has 0 N–H and O–H groups in total. The van der Waals surface area contributed by atoms with Crippen LogP contribution in [0.3, 0.4) is 0 Å². The van der Waals surface area contributed by atoms with Gasteiger partial charge < -0.3 is 14.4 Å². The van der Waals surface area contributed by atoms with Gasteiger partial charge in [-0.05, 0) is 37.7 Å². The van der Waals surface area contributed by atoms with Gasteiger partial charge in [0.1, 0.15) is 5.75 Å². The number of piperidine rings is 1. The largest absolute Gasteiger partial charge is 0.497 e. The van der Waals surface area contributed by atoms with Crippen LogP contribution in [-0.2, 0) is 11.3 Å². The summed E-state index contributed by atoms with van der Waals surface area (Å²) in [5, 5.41) is 0. The molecule has 1 aromatic rings. The molecule has 0 saturated carbocycles. The van der Waals surface area contributed by atoms with E-state index in [9.17, 15) is 0 Å². The van der Waals surface area contributed by atoms with E-state index in [2.05, 4.69) is 29.0 Å². The molecule has 2 fully saturated rings. The van der Waals surface area contributed by atoms with Gasteiger partial charge in [-0.25, -0.2) is 0 Å². The Balaban J connectivity index is 1.57. The third kappa shape index (κ3) is 3.76. The molecule has 0 bridgehead atoms. The summed E-state index contributed by atoms with van der Waals surface area (Å²) in [6, 6.07) is 8.40. The molecule has 0 unspecified atom stereocenters. The second-order valence-electron chi connectivity index (χ2n) is 6.30.